The molecule has 1 amide bonds. The van der Waals surface area contributed by atoms with Crippen LogP contribution in [0.15, 0.2) is 23.1 Å². The van der Waals surface area contributed by atoms with Gasteiger partial charge in [0.05, 0.1) is 10.5 Å². The molecule has 8 heteroatoms. The molecule has 0 bridgehead atoms. The molecule has 3 N–H and O–H groups in total. The van der Waals surface area contributed by atoms with Gasteiger partial charge in [-0.05, 0) is 44.4 Å². The molecule has 0 heterocycles. The molecule has 7 nitrogen and oxygen atoms in total. The van der Waals surface area contributed by atoms with Gasteiger partial charge in [-0.25, -0.2) is 18.4 Å². The fourth-order valence-corrected chi connectivity index (χ4v) is 3.38. The van der Waals surface area contributed by atoms with Crippen molar-refractivity contribution in [2.24, 2.45) is 5.14 Å². The van der Waals surface area contributed by atoms with E-state index in [1.54, 1.807) is 6.92 Å². The molecule has 1 fully saturated rings. The molecule has 2 rings (SSSR count). The summed E-state index contributed by atoms with van der Waals surface area (Å²) in [5.41, 5.74) is 0.612. The van der Waals surface area contributed by atoms with Gasteiger partial charge in [0.25, 0.3) is 5.91 Å². The summed E-state index contributed by atoms with van der Waals surface area (Å²) in [5.74, 6) is -1.10. The zero-order valence-corrected chi connectivity index (χ0v) is 15.3. The topological polar surface area (TPSA) is 116 Å². The Morgan fingerprint density at radius 1 is 1.24 bits per heavy atom. The summed E-state index contributed by atoms with van der Waals surface area (Å²) < 4.78 is 28.1. The summed E-state index contributed by atoms with van der Waals surface area (Å²) in [6, 6.07) is 4.08. The van der Waals surface area contributed by atoms with Crippen LogP contribution in [0.4, 0.5) is 0 Å². The molecular weight excluding hydrogens is 344 g/mol. The lowest BCUT2D eigenvalue weighted by Crippen LogP contribution is -2.42. The Labute approximate surface area is 148 Å². The first-order chi connectivity index (χ1) is 11.7. The van der Waals surface area contributed by atoms with Crippen LogP contribution in [0.3, 0.4) is 0 Å². The second-order valence-corrected chi connectivity index (χ2v) is 7.97. The van der Waals surface area contributed by atoms with Gasteiger partial charge < -0.3 is 10.1 Å². The fourth-order valence-electron chi connectivity index (χ4n) is 2.84. The fraction of sp³-hybridized carbons (Fsp3) is 0.529. The average molecular weight is 368 g/mol. The van der Waals surface area contributed by atoms with Crippen molar-refractivity contribution < 1.29 is 22.7 Å². The molecule has 1 aromatic rings. The van der Waals surface area contributed by atoms with Crippen LogP contribution in [0, 0.1) is 6.92 Å². The summed E-state index contributed by atoms with van der Waals surface area (Å²) in [6.45, 7) is 3.14. The second-order valence-electron chi connectivity index (χ2n) is 6.41. The number of benzene rings is 1. The van der Waals surface area contributed by atoms with Crippen LogP contribution >= 0.6 is 0 Å². The van der Waals surface area contributed by atoms with Crippen LogP contribution in [0.1, 0.15) is 54.9 Å². The van der Waals surface area contributed by atoms with E-state index in [0.717, 1.165) is 25.7 Å². The highest BCUT2D eigenvalue weighted by Gasteiger charge is 2.24. The van der Waals surface area contributed by atoms with Gasteiger partial charge in [0.2, 0.25) is 10.0 Å². The van der Waals surface area contributed by atoms with Gasteiger partial charge in [0, 0.05) is 6.04 Å². The molecule has 0 aliphatic heterocycles. The van der Waals surface area contributed by atoms with Gasteiger partial charge in [-0.2, -0.15) is 0 Å². The first-order valence-corrected chi connectivity index (χ1v) is 9.88. The Hall–Kier alpha value is -1.93. The molecule has 1 aliphatic carbocycles. The smallest absolute Gasteiger partial charge is 0.339 e. The van der Waals surface area contributed by atoms with Crippen LogP contribution in [0.25, 0.3) is 0 Å². The predicted molar refractivity (Wildman–Crippen MR) is 92.4 cm³/mol. The average Bonchev–Trinajstić information content (AvgIpc) is 2.54. The number of ether oxygens (including phenoxy) is 1. The third kappa shape index (κ3) is 5.27. The highest BCUT2D eigenvalue weighted by Crippen LogP contribution is 2.18. The maximum absolute atomic E-state index is 12.3. The van der Waals surface area contributed by atoms with E-state index in [1.165, 1.54) is 31.5 Å². The van der Waals surface area contributed by atoms with E-state index in [-0.39, 0.29) is 22.4 Å². The van der Waals surface area contributed by atoms with E-state index >= 15 is 0 Å². The molecule has 0 spiro atoms. The molecule has 1 aliphatic rings. The quantitative estimate of drug-likeness (QED) is 0.767. The molecular formula is C17H24N2O5S. The van der Waals surface area contributed by atoms with E-state index in [4.69, 9.17) is 9.88 Å². The van der Waals surface area contributed by atoms with Gasteiger partial charge in [0.1, 0.15) is 0 Å². The molecule has 25 heavy (non-hydrogen) atoms. The minimum absolute atomic E-state index is 0.0730. The number of rotatable bonds is 5. The highest BCUT2D eigenvalue weighted by molar-refractivity contribution is 7.89. The number of hydrogen-bond donors (Lipinski definition) is 2. The molecule has 1 aromatic carbocycles. The summed E-state index contributed by atoms with van der Waals surface area (Å²) in [4.78, 5) is 24.3. The van der Waals surface area contributed by atoms with Crippen LogP contribution < -0.4 is 10.5 Å². The number of hydrogen-bond acceptors (Lipinski definition) is 5. The van der Waals surface area contributed by atoms with Crippen LogP contribution in [-0.2, 0) is 19.6 Å². The van der Waals surface area contributed by atoms with Gasteiger partial charge in [-0.3, -0.25) is 4.79 Å². The zero-order chi connectivity index (χ0) is 18.6. The Morgan fingerprint density at radius 3 is 2.48 bits per heavy atom. The lowest BCUT2D eigenvalue weighted by atomic mass is 9.95. The van der Waals surface area contributed by atoms with Crippen molar-refractivity contribution in [3.8, 4) is 0 Å². The first-order valence-electron chi connectivity index (χ1n) is 8.33. The van der Waals surface area contributed by atoms with E-state index in [2.05, 4.69) is 5.32 Å². The monoisotopic (exact) mass is 368 g/mol. The van der Waals surface area contributed by atoms with Gasteiger partial charge >= 0.3 is 5.97 Å². The van der Waals surface area contributed by atoms with Crippen molar-refractivity contribution in [3.63, 3.8) is 0 Å². The summed E-state index contributed by atoms with van der Waals surface area (Å²) in [6.07, 6.45) is 4.24. The minimum Gasteiger partial charge on any atom is -0.449 e. The number of sulfonamides is 1. The molecule has 0 saturated heterocycles. The Kier molecular flexibility index (Phi) is 6.18. The number of nitrogens with two attached hydrogens (primary N) is 1. The van der Waals surface area contributed by atoms with Crippen molar-refractivity contribution in [1.82, 2.24) is 5.32 Å². The second kappa shape index (κ2) is 7.97. The Morgan fingerprint density at radius 2 is 1.88 bits per heavy atom. The Balaban J connectivity index is 2.04. The summed E-state index contributed by atoms with van der Waals surface area (Å²) in [5, 5.41) is 7.98. The molecule has 0 radical (unpaired) electrons. The van der Waals surface area contributed by atoms with E-state index in [9.17, 15) is 18.0 Å². The number of carbonyl (C=O) groups excluding carboxylic acids is 2. The van der Waals surface area contributed by atoms with Crippen molar-refractivity contribution in [2.75, 3.05) is 0 Å². The molecule has 1 saturated carbocycles. The minimum atomic E-state index is -3.93. The number of carbonyl (C=O) groups is 2. The normalized spacial score (nSPS) is 16.9. The largest absolute Gasteiger partial charge is 0.449 e. The van der Waals surface area contributed by atoms with E-state index < -0.39 is 22.1 Å². The lowest BCUT2D eigenvalue weighted by molar-refractivity contribution is -0.130. The van der Waals surface area contributed by atoms with Crippen molar-refractivity contribution in [3.05, 3.63) is 29.3 Å². The van der Waals surface area contributed by atoms with Crippen molar-refractivity contribution in [2.45, 2.75) is 63.0 Å². The molecule has 1 atom stereocenters. The zero-order valence-electron chi connectivity index (χ0n) is 14.4. The third-order valence-corrected chi connectivity index (χ3v) is 5.27. The number of esters is 1. The third-order valence-electron chi connectivity index (χ3n) is 4.36. The summed E-state index contributed by atoms with van der Waals surface area (Å²) >= 11 is 0. The molecule has 1 unspecified atom stereocenters. The highest BCUT2D eigenvalue weighted by atomic mass is 32.2. The number of primary sulfonamides is 1. The predicted octanol–water partition coefficient (Wildman–Crippen LogP) is 1.64. The number of amides is 1. The Bertz CT molecular complexity index is 754. The van der Waals surface area contributed by atoms with Crippen molar-refractivity contribution in [1.29, 1.82) is 0 Å². The van der Waals surface area contributed by atoms with Crippen molar-refractivity contribution >= 4 is 21.9 Å². The SMILES string of the molecule is Cc1ccc(S(N)(=O)=O)cc1C(=O)OC(C)C(=O)NC1CCCCC1. The van der Waals surface area contributed by atoms with Crippen LogP contribution in [0.2, 0.25) is 0 Å². The van der Waals surface area contributed by atoms with Gasteiger partial charge in [0.15, 0.2) is 6.10 Å². The standard InChI is InChI=1S/C17H24N2O5S/c1-11-8-9-14(25(18,22)23)10-15(11)17(21)24-12(2)16(20)19-13-6-4-3-5-7-13/h8-10,12-13H,3-7H2,1-2H3,(H,19,20)(H2,18,22,23). The number of nitrogens with one attached hydrogen (secondary N) is 1. The molecule has 0 aromatic heterocycles. The lowest BCUT2D eigenvalue weighted by Gasteiger charge is -2.24. The van der Waals surface area contributed by atoms with E-state index in [0.29, 0.717) is 5.56 Å². The summed E-state index contributed by atoms with van der Waals surface area (Å²) in [7, 11) is -3.93. The maximum atomic E-state index is 12.3. The van der Waals surface area contributed by atoms with Crippen LogP contribution in [-0.4, -0.2) is 32.4 Å². The van der Waals surface area contributed by atoms with E-state index in [1.807, 2.05) is 0 Å². The number of aryl methyl sites for hydroxylation is 1. The maximum Gasteiger partial charge on any atom is 0.339 e. The molecule has 138 valence electrons. The first kappa shape index (κ1) is 19.4. The van der Waals surface area contributed by atoms with Crippen LogP contribution in [0.5, 0.6) is 0 Å². The van der Waals surface area contributed by atoms with Gasteiger partial charge in [-0.1, -0.05) is 25.3 Å². The van der Waals surface area contributed by atoms with Gasteiger partial charge in [-0.15, -0.1) is 0 Å².